The van der Waals surface area contributed by atoms with Crippen LogP contribution in [-0.2, 0) is 16.0 Å². The van der Waals surface area contributed by atoms with E-state index < -0.39 is 0 Å². The molecule has 22 heavy (non-hydrogen) atoms. The molecular formula is C18H28N2O2. The molecule has 0 radical (unpaired) electrons. The highest BCUT2D eigenvalue weighted by Crippen LogP contribution is 2.42. The Morgan fingerprint density at radius 3 is 2.91 bits per heavy atom. The molecule has 0 aliphatic carbocycles. The molecule has 2 saturated heterocycles. The van der Waals surface area contributed by atoms with E-state index >= 15 is 0 Å². The Labute approximate surface area is 133 Å². The molecule has 0 unspecified atom stereocenters. The van der Waals surface area contributed by atoms with Crippen molar-refractivity contribution in [1.82, 2.24) is 9.88 Å². The summed E-state index contributed by atoms with van der Waals surface area (Å²) in [6.45, 7) is 7.01. The number of piperidine rings is 1. The standard InChI is InChI=1S/C18H28N2O2/c1-15-4-3-5-17(19-15)14-20-10-8-18(9-11-20)16(6-12-21-2)7-13-22-18/h3-5,16H,6-14H2,1-2H3/t16-/m1/s1. The van der Waals surface area contributed by atoms with Crippen molar-refractivity contribution in [3.05, 3.63) is 29.6 Å². The smallest absolute Gasteiger partial charge is 0.0736 e. The van der Waals surface area contributed by atoms with Gasteiger partial charge in [-0.1, -0.05) is 6.07 Å². The van der Waals surface area contributed by atoms with Gasteiger partial charge in [-0.2, -0.15) is 0 Å². The number of likely N-dealkylation sites (tertiary alicyclic amines) is 1. The maximum Gasteiger partial charge on any atom is 0.0736 e. The lowest BCUT2D eigenvalue weighted by Crippen LogP contribution is -2.47. The largest absolute Gasteiger partial charge is 0.385 e. The first-order valence-corrected chi connectivity index (χ1v) is 8.50. The number of aromatic nitrogens is 1. The number of pyridine rings is 1. The van der Waals surface area contributed by atoms with Gasteiger partial charge in [-0.25, -0.2) is 0 Å². The van der Waals surface area contributed by atoms with Crippen LogP contribution in [0, 0.1) is 12.8 Å². The molecule has 1 aromatic heterocycles. The summed E-state index contributed by atoms with van der Waals surface area (Å²) in [6.07, 6.45) is 4.62. The second kappa shape index (κ2) is 7.07. The van der Waals surface area contributed by atoms with E-state index in [0.29, 0.717) is 5.92 Å². The minimum Gasteiger partial charge on any atom is -0.385 e. The Bertz CT molecular complexity index is 484. The Hall–Kier alpha value is -0.970. The van der Waals surface area contributed by atoms with Crippen molar-refractivity contribution in [3.63, 3.8) is 0 Å². The molecule has 1 aromatic rings. The average Bonchev–Trinajstić information content (AvgIpc) is 2.90. The number of aryl methyl sites for hydroxylation is 1. The van der Waals surface area contributed by atoms with Crippen LogP contribution < -0.4 is 0 Å². The van der Waals surface area contributed by atoms with Crippen molar-refractivity contribution in [1.29, 1.82) is 0 Å². The molecule has 0 amide bonds. The van der Waals surface area contributed by atoms with Gasteiger partial charge < -0.3 is 9.47 Å². The molecule has 4 nitrogen and oxygen atoms in total. The lowest BCUT2D eigenvalue weighted by Gasteiger charge is -2.42. The summed E-state index contributed by atoms with van der Waals surface area (Å²) in [5, 5.41) is 0. The van der Waals surface area contributed by atoms with Crippen LogP contribution in [0.1, 0.15) is 37.1 Å². The minimum absolute atomic E-state index is 0.120. The van der Waals surface area contributed by atoms with Crippen LogP contribution in [0.15, 0.2) is 18.2 Å². The number of nitrogens with zero attached hydrogens (tertiary/aromatic N) is 2. The molecule has 0 saturated carbocycles. The minimum atomic E-state index is 0.120. The van der Waals surface area contributed by atoms with Gasteiger partial charge in [-0.3, -0.25) is 9.88 Å². The van der Waals surface area contributed by atoms with E-state index in [-0.39, 0.29) is 5.60 Å². The predicted octanol–water partition coefficient (Wildman–Crippen LogP) is 2.80. The third kappa shape index (κ3) is 3.50. The molecule has 2 aliphatic heterocycles. The highest BCUT2D eigenvalue weighted by Gasteiger charge is 2.45. The fourth-order valence-electron chi connectivity index (χ4n) is 4.01. The third-order valence-corrected chi connectivity index (χ3v) is 5.30. The molecule has 0 N–H and O–H groups in total. The Balaban J connectivity index is 1.55. The van der Waals surface area contributed by atoms with Crippen LogP contribution in [0.25, 0.3) is 0 Å². The van der Waals surface area contributed by atoms with Crippen molar-refractivity contribution >= 4 is 0 Å². The summed E-state index contributed by atoms with van der Waals surface area (Å²) in [5.41, 5.74) is 2.40. The van der Waals surface area contributed by atoms with E-state index in [4.69, 9.17) is 9.47 Å². The first-order valence-electron chi connectivity index (χ1n) is 8.50. The fourth-order valence-corrected chi connectivity index (χ4v) is 4.01. The van der Waals surface area contributed by atoms with Gasteiger partial charge in [0.2, 0.25) is 0 Å². The molecule has 3 heterocycles. The molecule has 3 rings (SSSR count). The van der Waals surface area contributed by atoms with Crippen LogP contribution in [0.4, 0.5) is 0 Å². The Morgan fingerprint density at radius 2 is 2.18 bits per heavy atom. The monoisotopic (exact) mass is 304 g/mol. The van der Waals surface area contributed by atoms with Crippen molar-refractivity contribution in [2.24, 2.45) is 5.92 Å². The van der Waals surface area contributed by atoms with E-state index in [1.165, 1.54) is 12.1 Å². The molecule has 0 bridgehead atoms. The van der Waals surface area contributed by atoms with Crippen LogP contribution >= 0.6 is 0 Å². The van der Waals surface area contributed by atoms with Crippen molar-refractivity contribution in [3.8, 4) is 0 Å². The van der Waals surface area contributed by atoms with Gasteiger partial charge >= 0.3 is 0 Å². The predicted molar refractivity (Wildman–Crippen MR) is 86.8 cm³/mol. The topological polar surface area (TPSA) is 34.6 Å². The second-order valence-corrected chi connectivity index (χ2v) is 6.73. The molecule has 122 valence electrons. The quantitative estimate of drug-likeness (QED) is 0.838. The molecule has 4 heteroatoms. The zero-order valence-electron chi connectivity index (χ0n) is 13.9. The SMILES string of the molecule is COCC[C@@H]1CCOC12CCN(Cc1cccc(C)n1)CC2. The zero-order chi connectivity index (χ0) is 15.4. The summed E-state index contributed by atoms with van der Waals surface area (Å²) >= 11 is 0. The fraction of sp³-hybridized carbons (Fsp3) is 0.722. The lowest BCUT2D eigenvalue weighted by molar-refractivity contribution is -0.0722. The summed E-state index contributed by atoms with van der Waals surface area (Å²) < 4.78 is 11.5. The van der Waals surface area contributed by atoms with Gasteiger partial charge in [-0.05, 0) is 50.7 Å². The van der Waals surface area contributed by atoms with E-state index in [9.17, 15) is 0 Å². The van der Waals surface area contributed by atoms with E-state index in [2.05, 4.69) is 35.0 Å². The maximum atomic E-state index is 6.21. The summed E-state index contributed by atoms with van der Waals surface area (Å²) in [5.74, 6) is 0.673. The van der Waals surface area contributed by atoms with Crippen molar-refractivity contribution < 1.29 is 9.47 Å². The molecular weight excluding hydrogens is 276 g/mol. The number of methoxy groups -OCH3 is 1. The number of rotatable bonds is 5. The number of hydrogen-bond donors (Lipinski definition) is 0. The third-order valence-electron chi connectivity index (χ3n) is 5.30. The first-order chi connectivity index (χ1) is 10.7. The lowest BCUT2D eigenvalue weighted by atomic mass is 9.78. The van der Waals surface area contributed by atoms with Gasteiger partial charge in [0.25, 0.3) is 0 Å². The van der Waals surface area contributed by atoms with Crippen LogP contribution in [-0.4, -0.2) is 48.9 Å². The van der Waals surface area contributed by atoms with Crippen LogP contribution in [0.5, 0.6) is 0 Å². The van der Waals surface area contributed by atoms with E-state index in [1.807, 2.05) is 0 Å². The van der Waals surface area contributed by atoms with Crippen LogP contribution in [0.2, 0.25) is 0 Å². The maximum absolute atomic E-state index is 6.21. The van der Waals surface area contributed by atoms with E-state index in [0.717, 1.165) is 57.8 Å². The highest BCUT2D eigenvalue weighted by molar-refractivity contribution is 5.10. The first kappa shape index (κ1) is 15.9. The second-order valence-electron chi connectivity index (χ2n) is 6.73. The van der Waals surface area contributed by atoms with Gasteiger partial charge in [-0.15, -0.1) is 0 Å². The molecule has 0 aromatic carbocycles. The molecule has 1 atom stereocenters. The number of hydrogen-bond acceptors (Lipinski definition) is 4. The van der Waals surface area contributed by atoms with Gasteiger partial charge in [0.1, 0.15) is 0 Å². The summed E-state index contributed by atoms with van der Waals surface area (Å²) in [6, 6.07) is 6.29. The van der Waals surface area contributed by atoms with Crippen molar-refractivity contribution in [2.45, 2.75) is 44.8 Å². The van der Waals surface area contributed by atoms with E-state index in [1.54, 1.807) is 7.11 Å². The molecule has 2 aliphatic rings. The number of ether oxygens (including phenoxy) is 2. The van der Waals surface area contributed by atoms with Gasteiger partial charge in [0.15, 0.2) is 0 Å². The van der Waals surface area contributed by atoms with Gasteiger partial charge in [0, 0.05) is 45.7 Å². The van der Waals surface area contributed by atoms with Crippen molar-refractivity contribution in [2.75, 3.05) is 33.4 Å². The Kier molecular flexibility index (Phi) is 5.11. The molecule has 2 fully saturated rings. The summed E-state index contributed by atoms with van der Waals surface area (Å²) in [7, 11) is 1.79. The van der Waals surface area contributed by atoms with Crippen LogP contribution in [0.3, 0.4) is 0 Å². The normalized spacial score (nSPS) is 24.9. The Morgan fingerprint density at radius 1 is 1.36 bits per heavy atom. The molecule has 1 spiro atoms. The average molecular weight is 304 g/mol. The highest BCUT2D eigenvalue weighted by atomic mass is 16.5. The van der Waals surface area contributed by atoms with Gasteiger partial charge in [0.05, 0.1) is 11.3 Å². The zero-order valence-corrected chi connectivity index (χ0v) is 13.9. The summed E-state index contributed by atoms with van der Waals surface area (Å²) in [4.78, 5) is 7.14.